The Morgan fingerprint density at radius 3 is 1.16 bits per heavy atom. The molecule has 0 aliphatic rings. The molecule has 326 valence electrons. The van der Waals surface area contributed by atoms with Crippen molar-refractivity contribution in [2.45, 2.75) is 219 Å². The molecule has 0 amide bonds. The first-order chi connectivity index (χ1) is 28.0. The van der Waals surface area contributed by atoms with E-state index in [0.717, 1.165) is 70.6 Å². The van der Waals surface area contributed by atoms with Gasteiger partial charge in [-0.25, -0.2) is 0 Å². The Morgan fingerprint density at radius 2 is 0.702 bits per heavy atom. The summed E-state index contributed by atoms with van der Waals surface area (Å²) >= 11 is 0. The highest BCUT2D eigenvalue weighted by molar-refractivity contribution is 5.71. The number of allylic oxidation sites excluding steroid dienone is 12. The van der Waals surface area contributed by atoms with Gasteiger partial charge < -0.3 is 14.2 Å². The summed E-state index contributed by atoms with van der Waals surface area (Å²) in [5.41, 5.74) is 0. The van der Waals surface area contributed by atoms with Crippen LogP contribution in [0.25, 0.3) is 0 Å². The molecule has 1 atom stereocenters. The van der Waals surface area contributed by atoms with Crippen LogP contribution in [0.4, 0.5) is 0 Å². The lowest BCUT2D eigenvalue weighted by atomic mass is 10.1. The number of hydrogen-bond acceptors (Lipinski definition) is 6. The van der Waals surface area contributed by atoms with Crippen LogP contribution in [0, 0.1) is 0 Å². The van der Waals surface area contributed by atoms with Gasteiger partial charge in [-0.2, -0.15) is 0 Å². The van der Waals surface area contributed by atoms with E-state index >= 15 is 0 Å². The van der Waals surface area contributed by atoms with Crippen molar-refractivity contribution in [1.29, 1.82) is 0 Å². The van der Waals surface area contributed by atoms with E-state index in [2.05, 4.69) is 45.1 Å². The molecule has 0 aromatic rings. The van der Waals surface area contributed by atoms with E-state index in [1.165, 1.54) is 103 Å². The molecule has 0 N–H and O–H groups in total. The van der Waals surface area contributed by atoms with Crippen LogP contribution >= 0.6 is 0 Å². The predicted molar refractivity (Wildman–Crippen MR) is 242 cm³/mol. The minimum absolute atomic E-state index is 0.0904. The molecule has 0 aliphatic heterocycles. The van der Waals surface area contributed by atoms with Gasteiger partial charge in [0.1, 0.15) is 13.2 Å². The Hall–Kier alpha value is -3.15. The molecule has 0 aromatic carbocycles. The van der Waals surface area contributed by atoms with E-state index in [0.29, 0.717) is 19.3 Å². The first-order valence-corrected chi connectivity index (χ1v) is 23.5. The van der Waals surface area contributed by atoms with Crippen LogP contribution in [0.3, 0.4) is 0 Å². The summed E-state index contributed by atoms with van der Waals surface area (Å²) in [6, 6.07) is 0. The number of carbonyl (C=O) groups excluding carboxylic acids is 3. The van der Waals surface area contributed by atoms with E-state index in [9.17, 15) is 14.4 Å². The quantitative estimate of drug-likeness (QED) is 0.0202. The van der Waals surface area contributed by atoms with Crippen molar-refractivity contribution in [3.63, 3.8) is 0 Å². The van der Waals surface area contributed by atoms with E-state index in [-0.39, 0.29) is 31.1 Å². The predicted octanol–water partition coefficient (Wildman–Crippen LogP) is 15.1. The summed E-state index contributed by atoms with van der Waals surface area (Å²) in [5, 5.41) is 0. The van der Waals surface area contributed by atoms with Gasteiger partial charge in [0, 0.05) is 19.3 Å². The lowest BCUT2D eigenvalue weighted by Gasteiger charge is -2.18. The SMILES string of the molecule is CC\C=C/C=C\C=C/C=C\C=C/CCCCCC(=O)OCC(COC(=O)CCCCCCCCCCC)OC(=O)CCCCCCCCC/C=C\CCCCCC. The number of carbonyl (C=O) groups is 3. The lowest BCUT2D eigenvalue weighted by Crippen LogP contribution is -2.30. The monoisotopic (exact) mass is 795 g/mol. The second-order valence-corrected chi connectivity index (χ2v) is 15.4. The summed E-state index contributed by atoms with van der Waals surface area (Å²) in [4.78, 5) is 37.7. The number of unbranched alkanes of at least 4 members (excludes halogenated alkanes) is 22. The lowest BCUT2D eigenvalue weighted by molar-refractivity contribution is -0.167. The first kappa shape index (κ1) is 53.9. The summed E-state index contributed by atoms with van der Waals surface area (Å²) in [7, 11) is 0. The van der Waals surface area contributed by atoms with Gasteiger partial charge in [0.2, 0.25) is 0 Å². The van der Waals surface area contributed by atoms with Crippen LogP contribution in [0.15, 0.2) is 72.9 Å². The van der Waals surface area contributed by atoms with Crippen LogP contribution in [0.5, 0.6) is 0 Å². The van der Waals surface area contributed by atoms with Crippen LogP contribution in [-0.2, 0) is 28.6 Å². The van der Waals surface area contributed by atoms with Gasteiger partial charge in [0.15, 0.2) is 6.10 Å². The Balaban J connectivity index is 4.44. The zero-order chi connectivity index (χ0) is 41.5. The standard InChI is InChI=1S/C51H86O6/c1-4-7-10-13-16-19-21-23-25-27-29-32-35-38-41-44-50(53)56-47-48(46-55-49(52)43-40-37-34-31-18-15-12-9-6-3)57-51(54)45-42-39-36-33-30-28-26-24-22-20-17-14-11-8-5-2/h7,10,13,16,19-23,25,27,29,48H,4-6,8-9,11-12,14-15,17-18,24,26,28,30-47H2,1-3H3/b10-7-,16-13-,21-19-,22-20-,25-23-,29-27-. The molecule has 0 saturated carbocycles. The molecule has 0 spiro atoms. The molecule has 1 unspecified atom stereocenters. The minimum atomic E-state index is -0.791. The normalized spacial score (nSPS) is 12.7. The fourth-order valence-corrected chi connectivity index (χ4v) is 6.28. The number of esters is 3. The number of hydrogen-bond donors (Lipinski definition) is 0. The van der Waals surface area contributed by atoms with Gasteiger partial charge in [-0.15, -0.1) is 0 Å². The molecule has 0 aromatic heterocycles. The highest BCUT2D eigenvalue weighted by Gasteiger charge is 2.19. The molecular weight excluding hydrogens is 709 g/mol. The van der Waals surface area contributed by atoms with Crippen molar-refractivity contribution < 1.29 is 28.6 Å². The second kappa shape index (κ2) is 45.6. The molecule has 0 saturated heterocycles. The number of rotatable bonds is 41. The van der Waals surface area contributed by atoms with Gasteiger partial charge in [-0.1, -0.05) is 203 Å². The molecule has 0 heterocycles. The average Bonchev–Trinajstić information content (AvgIpc) is 3.21. The van der Waals surface area contributed by atoms with E-state index in [4.69, 9.17) is 14.2 Å². The largest absolute Gasteiger partial charge is 0.462 e. The van der Waals surface area contributed by atoms with E-state index < -0.39 is 6.10 Å². The summed E-state index contributed by atoms with van der Waals surface area (Å²) in [6.45, 7) is 6.41. The van der Waals surface area contributed by atoms with Gasteiger partial charge in [-0.3, -0.25) is 14.4 Å². The molecule has 0 bridgehead atoms. The summed E-state index contributed by atoms with van der Waals surface area (Å²) in [6.07, 6.45) is 56.0. The van der Waals surface area contributed by atoms with Crippen molar-refractivity contribution >= 4 is 17.9 Å². The van der Waals surface area contributed by atoms with Crippen molar-refractivity contribution in [2.75, 3.05) is 13.2 Å². The van der Waals surface area contributed by atoms with E-state index in [1.54, 1.807) is 0 Å². The second-order valence-electron chi connectivity index (χ2n) is 15.4. The maximum atomic E-state index is 12.7. The van der Waals surface area contributed by atoms with Crippen molar-refractivity contribution in [3.8, 4) is 0 Å². The van der Waals surface area contributed by atoms with Gasteiger partial charge in [0.25, 0.3) is 0 Å². The molecule has 0 aliphatic carbocycles. The third-order valence-electron chi connectivity index (χ3n) is 9.82. The Bertz CT molecular complexity index is 1100. The zero-order valence-corrected chi connectivity index (χ0v) is 37.1. The highest BCUT2D eigenvalue weighted by Crippen LogP contribution is 2.14. The molecular formula is C51H86O6. The molecule has 0 rings (SSSR count). The van der Waals surface area contributed by atoms with Crippen molar-refractivity contribution in [1.82, 2.24) is 0 Å². The van der Waals surface area contributed by atoms with Crippen LogP contribution in [-0.4, -0.2) is 37.2 Å². The van der Waals surface area contributed by atoms with Crippen LogP contribution < -0.4 is 0 Å². The Kier molecular flexibility index (Phi) is 43.0. The molecule has 57 heavy (non-hydrogen) atoms. The fraction of sp³-hybridized carbons (Fsp3) is 0.706. The van der Waals surface area contributed by atoms with Crippen molar-refractivity contribution in [3.05, 3.63) is 72.9 Å². The topological polar surface area (TPSA) is 78.9 Å². The third kappa shape index (κ3) is 43.8. The first-order valence-electron chi connectivity index (χ1n) is 23.5. The number of ether oxygens (including phenoxy) is 3. The molecule has 0 fully saturated rings. The maximum Gasteiger partial charge on any atom is 0.306 e. The van der Waals surface area contributed by atoms with Gasteiger partial charge in [-0.05, 0) is 64.2 Å². The van der Waals surface area contributed by atoms with E-state index in [1.807, 2.05) is 48.6 Å². The smallest absolute Gasteiger partial charge is 0.306 e. The minimum Gasteiger partial charge on any atom is -0.462 e. The third-order valence-corrected chi connectivity index (χ3v) is 9.82. The van der Waals surface area contributed by atoms with Crippen LogP contribution in [0.1, 0.15) is 213 Å². The van der Waals surface area contributed by atoms with Crippen LogP contribution in [0.2, 0.25) is 0 Å². The van der Waals surface area contributed by atoms with Gasteiger partial charge in [0.05, 0.1) is 0 Å². The Morgan fingerprint density at radius 1 is 0.368 bits per heavy atom. The van der Waals surface area contributed by atoms with Gasteiger partial charge >= 0.3 is 17.9 Å². The summed E-state index contributed by atoms with van der Waals surface area (Å²) < 4.78 is 16.7. The maximum absolute atomic E-state index is 12.7. The molecule has 0 radical (unpaired) electrons. The van der Waals surface area contributed by atoms with Crippen molar-refractivity contribution in [2.24, 2.45) is 0 Å². The molecule has 6 heteroatoms. The average molecular weight is 795 g/mol. The zero-order valence-electron chi connectivity index (χ0n) is 37.1. The highest BCUT2D eigenvalue weighted by atomic mass is 16.6. The summed E-state index contributed by atoms with van der Waals surface area (Å²) in [5.74, 6) is -0.944. The Labute approximate surface area is 351 Å². The molecule has 6 nitrogen and oxygen atoms in total. The fourth-order valence-electron chi connectivity index (χ4n) is 6.28.